The summed E-state index contributed by atoms with van der Waals surface area (Å²) in [5.41, 5.74) is 15.8. The summed E-state index contributed by atoms with van der Waals surface area (Å²) in [6, 6.07) is 85.7. The van der Waals surface area contributed by atoms with Crippen molar-refractivity contribution in [1.29, 1.82) is 0 Å². The molecule has 2 nitrogen and oxygen atoms in total. The Kier molecular flexibility index (Phi) is 8.48. The van der Waals surface area contributed by atoms with E-state index in [0.29, 0.717) is 5.02 Å². The molecule has 0 saturated carbocycles. The predicted molar refractivity (Wildman–Crippen MR) is 261 cm³/mol. The highest BCUT2D eigenvalue weighted by molar-refractivity contribution is 6.31. The van der Waals surface area contributed by atoms with Gasteiger partial charge >= 0.3 is 0 Å². The molecule has 1 aromatic heterocycles. The number of rotatable bonds is 7. The SMILES string of the molecule is Clc1cc(-c2cc3c(c4ccccc24)-c2ccccc2C3(c2ccccc2)c2ccccc2)cc(N(c2ccccc2)c2ccc3c(c2)c2ccccc2n3-c2ccccc2)c1. The Bertz CT molecular complexity index is 3430. The van der Waals surface area contributed by atoms with Gasteiger partial charge in [0.15, 0.2) is 0 Å². The van der Waals surface area contributed by atoms with Gasteiger partial charge in [0.1, 0.15) is 0 Å². The van der Waals surface area contributed by atoms with Crippen LogP contribution < -0.4 is 4.90 Å². The van der Waals surface area contributed by atoms with Crippen LogP contribution >= 0.6 is 11.6 Å². The molecule has 0 unspecified atom stereocenters. The summed E-state index contributed by atoms with van der Waals surface area (Å²) in [5, 5.41) is 5.48. The number of aromatic nitrogens is 1. The Labute approximate surface area is 366 Å². The lowest BCUT2D eigenvalue weighted by Gasteiger charge is -2.34. The molecule has 292 valence electrons. The monoisotopic (exact) mass is 810 g/mol. The molecule has 1 aliphatic rings. The topological polar surface area (TPSA) is 8.17 Å². The van der Waals surface area contributed by atoms with E-state index < -0.39 is 5.41 Å². The van der Waals surface area contributed by atoms with E-state index in [1.165, 1.54) is 60.4 Å². The summed E-state index contributed by atoms with van der Waals surface area (Å²) in [6.07, 6.45) is 0. The van der Waals surface area contributed by atoms with Crippen molar-refractivity contribution in [1.82, 2.24) is 4.57 Å². The average Bonchev–Trinajstić information content (AvgIpc) is 3.83. The molecule has 0 N–H and O–H groups in total. The van der Waals surface area contributed by atoms with Crippen LogP contribution in [0.2, 0.25) is 5.02 Å². The normalized spacial score (nSPS) is 12.7. The van der Waals surface area contributed by atoms with E-state index in [0.717, 1.165) is 39.4 Å². The van der Waals surface area contributed by atoms with Gasteiger partial charge in [-0.3, -0.25) is 0 Å². The molecule has 0 radical (unpaired) electrons. The van der Waals surface area contributed by atoms with Crippen LogP contribution in [-0.2, 0) is 5.41 Å². The van der Waals surface area contributed by atoms with Crippen LogP contribution in [0.3, 0.4) is 0 Å². The summed E-state index contributed by atoms with van der Waals surface area (Å²) in [6.45, 7) is 0. The molecule has 0 atom stereocenters. The largest absolute Gasteiger partial charge is 0.310 e. The van der Waals surface area contributed by atoms with Gasteiger partial charge in [0.25, 0.3) is 0 Å². The number of hydrogen-bond acceptors (Lipinski definition) is 1. The Morgan fingerprint density at radius 2 is 0.952 bits per heavy atom. The van der Waals surface area contributed by atoms with E-state index in [9.17, 15) is 0 Å². The second-order valence-corrected chi connectivity index (χ2v) is 16.6. The molecule has 10 aromatic carbocycles. The first-order valence-electron chi connectivity index (χ1n) is 21.2. The van der Waals surface area contributed by atoms with Crippen molar-refractivity contribution in [3.8, 4) is 27.9 Å². The standard InChI is InChI=1S/C59H39ClN2/c60-43-35-40(36-47(37-43)61(44-23-9-3-10-24-44)46-33-34-57-53(38-46)49-28-16-18-32-56(49)62(57)45-25-11-4-12-26-45)52-39-55-58(50-29-14-13-27-48(50)52)51-30-15-17-31-54(51)59(55,41-19-5-1-6-20-41)42-21-7-2-8-22-42/h1-39H. The third-order valence-corrected chi connectivity index (χ3v) is 13.1. The number of fused-ring (bicyclic) bond motifs is 8. The Hall–Kier alpha value is -7.65. The van der Waals surface area contributed by atoms with Gasteiger partial charge in [-0.2, -0.15) is 0 Å². The number of benzene rings is 10. The molecule has 0 aliphatic heterocycles. The zero-order valence-electron chi connectivity index (χ0n) is 33.8. The van der Waals surface area contributed by atoms with Crippen molar-refractivity contribution in [3.05, 3.63) is 264 Å². The van der Waals surface area contributed by atoms with Gasteiger partial charge in [-0.25, -0.2) is 0 Å². The van der Waals surface area contributed by atoms with E-state index >= 15 is 0 Å². The fraction of sp³-hybridized carbons (Fsp3) is 0.0169. The lowest BCUT2D eigenvalue weighted by Crippen LogP contribution is -2.28. The maximum atomic E-state index is 7.32. The minimum Gasteiger partial charge on any atom is -0.310 e. The number of halogens is 1. The molecule has 11 aromatic rings. The summed E-state index contributed by atoms with van der Waals surface area (Å²) < 4.78 is 2.36. The number of para-hydroxylation sites is 3. The Balaban J connectivity index is 1.11. The summed E-state index contributed by atoms with van der Waals surface area (Å²) in [7, 11) is 0. The van der Waals surface area contributed by atoms with Crippen LogP contribution in [0.5, 0.6) is 0 Å². The molecule has 0 amide bonds. The molecule has 1 heterocycles. The van der Waals surface area contributed by atoms with Gasteiger partial charge in [0, 0.05) is 38.5 Å². The van der Waals surface area contributed by atoms with Crippen LogP contribution in [0, 0.1) is 0 Å². The third-order valence-electron chi connectivity index (χ3n) is 12.9. The van der Waals surface area contributed by atoms with Gasteiger partial charge in [-0.1, -0.05) is 175 Å². The molecule has 1 aliphatic carbocycles. The molecule has 0 saturated heterocycles. The maximum absolute atomic E-state index is 7.32. The molecule has 0 spiro atoms. The van der Waals surface area contributed by atoms with Gasteiger partial charge < -0.3 is 9.47 Å². The maximum Gasteiger partial charge on any atom is 0.0714 e. The van der Waals surface area contributed by atoms with Gasteiger partial charge in [0.2, 0.25) is 0 Å². The molecule has 12 rings (SSSR count). The van der Waals surface area contributed by atoms with Crippen LogP contribution in [0.15, 0.2) is 237 Å². The molecule has 0 fully saturated rings. The van der Waals surface area contributed by atoms with Crippen molar-refractivity contribution in [2.75, 3.05) is 4.90 Å². The van der Waals surface area contributed by atoms with E-state index in [1.807, 2.05) is 0 Å². The number of anilines is 3. The first-order valence-corrected chi connectivity index (χ1v) is 21.6. The molecule has 0 bridgehead atoms. The molecule has 3 heteroatoms. The summed E-state index contributed by atoms with van der Waals surface area (Å²) >= 11 is 7.32. The minimum atomic E-state index is -0.543. The van der Waals surface area contributed by atoms with Crippen molar-refractivity contribution in [3.63, 3.8) is 0 Å². The minimum absolute atomic E-state index is 0.543. The van der Waals surface area contributed by atoms with Crippen molar-refractivity contribution < 1.29 is 0 Å². The zero-order chi connectivity index (χ0) is 41.2. The van der Waals surface area contributed by atoms with E-state index in [1.54, 1.807) is 0 Å². The van der Waals surface area contributed by atoms with Crippen LogP contribution in [0.25, 0.3) is 60.5 Å². The molecule has 62 heavy (non-hydrogen) atoms. The highest BCUT2D eigenvalue weighted by Gasteiger charge is 2.47. The Morgan fingerprint density at radius 1 is 0.371 bits per heavy atom. The van der Waals surface area contributed by atoms with Crippen molar-refractivity contribution in [2.24, 2.45) is 0 Å². The second kappa shape index (κ2) is 14.5. The fourth-order valence-electron chi connectivity index (χ4n) is 10.4. The van der Waals surface area contributed by atoms with E-state index in [4.69, 9.17) is 11.6 Å². The van der Waals surface area contributed by atoms with Crippen LogP contribution in [-0.4, -0.2) is 4.57 Å². The highest BCUT2D eigenvalue weighted by atomic mass is 35.5. The summed E-state index contributed by atoms with van der Waals surface area (Å²) in [4.78, 5) is 2.34. The lowest BCUT2D eigenvalue weighted by atomic mass is 9.67. The fourth-order valence-corrected chi connectivity index (χ4v) is 10.6. The third kappa shape index (κ3) is 5.51. The lowest BCUT2D eigenvalue weighted by molar-refractivity contribution is 0.769. The zero-order valence-corrected chi connectivity index (χ0v) is 34.5. The number of nitrogens with zero attached hydrogens (tertiary/aromatic N) is 2. The second-order valence-electron chi connectivity index (χ2n) is 16.2. The van der Waals surface area contributed by atoms with Crippen LogP contribution in [0.4, 0.5) is 17.1 Å². The Morgan fingerprint density at radius 3 is 1.68 bits per heavy atom. The van der Waals surface area contributed by atoms with Gasteiger partial charge in [0.05, 0.1) is 16.4 Å². The molecular weight excluding hydrogens is 772 g/mol. The van der Waals surface area contributed by atoms with Crippen LogP contribution in [0.1, 0.15) is 22.3 Å². The van der Waals surface area contributed by atoms with Crippen molar-refractivity contribution in [2.45, 2.75) is 5.41 Å². The molecular formula is C59H39ClN2. The highest BCUT2D eigenvalue weighted by Crippen LogP contribution is 2.59. The van der Waals surface area contributed by atoms with Crippen molar-refractivity contribution >= 4 is 61.2 Å². The summed E-state index contributed by atoms with van der Waals surface area (Å²) in [5.74, 6) is 0. The predicted octanol–water partition coefficient (Wildman–Crippen LogP) is 16.1. The van der Waals surface area contributed by atoms with Gasteiger partial charge in [-0.05, 0) is 128 Å². The first-order chi connectivity index (χ1) is 30.7. The quantitative estimate of drug-likeness (QED) is 0.156. The van der Waals surface area contributed by atoms with Gasteiger partial charge in [-0.15, -0.1) is 0 Å². The van der Waals surface area contributed by atoms with E-state index in [2.05, 4.69) is 246 Å². The number of hydrogen-bond donors (Lipinski definition) is 0. The smallest absolute Gasteiger partial charge is 0.0714 e. The first kappa shape index (κ1) is 36.2. The van der Waals surface area contributed by atoms with E-state index in [-0.39, 0.29) is 0 Å². The average molecular weight is 811 g/mol.